The fourth-order valence-electron chi connectivity index (χ4n) is 2.77. The van der Waals surface area contributed by atoms with E-state index in [9.17, 15) is 9.90 Å². The zero-order valence-corrected chi connectivity index (χ0v) is 11.2. The molecule has 0 saturated carbocycles. The Bertz CT molecular complexity index is 307. The second-order valence-electron chi connectivity index (χ2n) is 5.50. The number of β-amino-alcohol motifs (C(OH)–C–C–N with tert-alkyl or cyclic N) is 1. The van der Waals surface area contributed by atoms with Crippen LogP contribution in [0.1, 0.15) is 26.2 Å². The van der Waals surface area contributed by atoms with Gasteiger partial charge in [0.2, 0.25) is 5.91 Å². The number of aliphatic hydroxyl groups is 1. The maximum Gasteiger partial charge on any atom is 0.223 e. The molecule has 4 nitrogen and oxygen atoms in total. The van der Waals surface area contributed by atoms with Crippen LogP contribution in [0.25, 0.3) is 0 Å². The fraction of sp³-hybridized carbons (Fsp3) is 0.786. The molecule has 2 atom stereocenters. The molecule has 1 aliphatic carbocycles. The molecule has 0 aromatic heterocycles. The van der Waals surface area contributed by atoms with Crippen LogP contribution in [0, 0.1) is 5.92 Å². The van der Waals surface area contributed by atoms with E-state index in [0.29, 0.717) is 24.8 Å². The summed E-state index contributed by atoms with van der Waals surface area (Å²) in [4.78, 5) is 16.3. The van der Waals surface area contributed by atoms with E-state index in [0.717, 1.165) is 39.0 Å². The van der Waals surface area contributed by atoms with Crippen molar-refractivity contribution in [2.75, 3.05) is 32.7 Å². The minimum absolute atomic E-state index is 0.282. The highest BCUT2D eigenvalue weighted by Crippen LogP contribution is 2.21. The third kappa shape index (κ3) is 3.82. The van der Waals surface area contributed by atoms with E-state index in [-0.39, 0.29) is 6.10 Å². The summed E-state index contributed by atoms with van der Waals surface area (Å²) in [5.74, 6) is 0.760. The lowest BCUT2D eigenvalue weighted by atomic mass is 10.0. The van der Waals surface area contributed by atoms with Crippen molar-refractivity contribution in [3.05, 3.63) is 12.2 Å². The standard InChI is InChI=1S/C14H24N2O2/c1-12(17)11-15-6-8-16(9-7-15)14(18)10-13-4-2-3-5-13/h2,4,12-13,17H,3,5-11H2,1H3/t12-,13+/m1/s1. The van der Waals surface area contributed by atoms with Crippen molar-refractivity contribution >= 4 is 5.91 Å². The second kappa shape index (κ2) is 6.34. The summed E-state index contributed by atoms with van der Waals surface area (Å²) in [6, 6.07) is 0. The molecule has 0 bridgehead atoms. The van der Waals surface area contributed by atoms with Gasteiger partial charge in [-0.2, -0.15) is 0 Å². The molecule has 1 fully saturated rings. The first kappa shape index (κ1) is 13.6. The fourth-order valence-corrected chi connectivity index (χ4v) is 2.77. The molecule has 4 heteroatoms. The Morgan fingerprint density at radius 3 is 2.67 bits per heavy atom. The van der Waals surface area contributed by atoms with Gasteiger partial charge >= 0.3 is 0 Å². The first-order chi connectivity index (χ1) is 8.65. The number of rotatable bonds is 4. The summed E-state index contributed by atoms with van der Waals surface area (Å²) in [5, 5.41) is 9.34. The molecular formula is C14H24N2O2. The van der Waals surface area contributed by atoms with Crippen LogP contribution in [0.5, 0.6) is 0 Å². The van der Waals surface area contributed by atoms with Gasteiger partial charge in [0.25, 0.3) is 0 Å². The number of carbonyl (C=O) groups is 1. The predicted molar refractivity (Wildman–Crippen MR) is 71.2 cm³/mol. The van der Waals surface area contributed by atoms with Gasteiger partial charge in [0.1, 0.15) is 0 Å². The van der Waals surface area contributed by atoms with Crippen LogP contribution in [0.4, 0.5) is 0 Å². The Hall–Kier alpha value is -0.870. The molecule has 1 N–H and O–H groups in total. The lowest BCUT2D eigenvalue weighted by Gasteiger charge is -2.35. The van der Waals surface area contributed by atoms with Crippen LogP contribution in [-0.2, 0) is 4.79 Å². The van der Waals surface area contributed by atoms with Crippen molar-refractivity contribution < 1.29 is 9.90 Å². The molecule has 0 unspecified atom stereocenters. The zero-order valence-electron chi connectivity index (χ0n) is 11.2. The molecule has 2 aliphatic rings. The van der Waals surface area contributed by atoms with Crippen LogP contribution in [0.15, 0.2) is 12.2 Å². The lowest BCUT2D eigenvalue weighted by molar-refractivity contribution is -0.133. The van der Waals surface area contributed by atoms with Crippen LogP contribution >= 0.6 is 0 Å². The van der Waals surface area contributed by atoms with E-state index in [1.807, 2.05) is 11.8 Å². The molecule has 0 aromatic rings. The third-order valence-corrected chi connectivity index (χ3v) is 3.80. The highest BCUT2D eigenvalue weighted by atomic mass is 16.3. The molecule has 0 spiro atoms. The van der Waals surface area contributed by atoms with Gasteiger partial charge in [0.05, 0.1) is 6.10 Å². The predicted octanol–water partition coefficient (Wildman–Crippen LogP) is 0.868. The van der Waals surface area contributed by atoms with Crippen molar-refractivity contribution in [3.8, 4) is 0 Å². The van der Waals surface area contributed by atoms with E-state index in [4.69, 9.17) is 0 Å². The van der Waals surface area contributed by atoms with Gasteiger partial charge in [-0.25, -0.2) is 0 Å². The maximum atomic E-state index is 12.1. The molecule has 0 radical (unpaired) electrons. The van der Waals surface area contributed by atoms with Crippen molar-refractivity contribution in [1.82, 2.24) is 9.80 Å². The molecule has 1 saturated heterocycles. The van der Waals surface area contributed by atoms with Gasteiger partial charge in [0.15, 0.2) is 0 Å². The van der Waals surface area contributed by atoms with Gasteiger partial charge in [-0.05, 0) is 25.7 Å². The van der Waals surface area contributed by atoms with E-state index < -0.39 is 0 Å². The van der Waals surface area contributed by atoms with Gasteiger partial charge in [0, 0.05) is 39.1 Å². The Kier molecular flexibility index (Phi) is 4.78. The highest BCUT2D eigenvalue weighted by molar-refractivity contribution is 5.76. The maximum absolute atomic E-state index is 12.1. The van der Waals surface area contributed by atoms with E-state index in [1.165, 1.54) is 0 Å². The van der Waals surface area contributed by atoms with Crippen LogP contribution in [-0.4, -0.2) is 59.6 Å². The minimum atomic E-state index is -0.282. The molecule has 0 aromatic carbocycles. The molecular weight excluding hydrogens is 228 g/mol. The van der Waals surface area contributed by atoms with Crippen LogP contribution in [0.3, 0.4) is 0 Å². The summed E-state index contributed by atoms with van der Waals surface area (Å²) in [6.07, 6.45) is 7.01. The van der Waals surface area contributed by atoms with Crippen molar-refractivity contribution in [2.24, 2.45) is 5.92 Å². The van der Waals surface area contributed by atoms with Crippen LogP contribution < -0.4 is 0 Å². The second-order valence-corrected chi connectivity index (χ2v) is 5.50. The molecule has 102 valence electrons. The van der Waals surface area contributed by atoms with Crippen molar-refractivity contribution in [2.45, 2.75) is 32.3 Å². The van der Waals surface area contributed by atoms with Crippen molar-refractivity contribution in [3.63, 3.8) is 0 Å². The average Bonchev–Trinajstić information content (AvgIpc) is 2.82. The number of nitrogens with zero attached hydrogens (tertiary/aromatic N) is 2. The molecule has 1 amide bonds. The van der Waals surface area contributed by atoms with Gasteiger partial charge in [-0.3, -0.25) is 9.69 Å². The van der Waals surface area contributed by atoms with Gasteiger partial charge < -0.3 is 10.0 Å². The molecule has 18 heavy (non-hydrogen) atoms. The summed E-state index contributed by atoms with van der Waals surface area (Å²) in [6.45, 7) is 5.91. The number of hydrogen-bond acceptors (Lipinski definition) is 3. The minimum Gasteiger partial charge on any atom is -0.392 e. The third-order valence-electron chi connectivity index (χ3n) is 3.80. The SMILES string of the molecule is C[C@@H](O)CN1CCN(C(=O)C[C@H]2C=CCC2)CC1. The number of allylic oxidation sites excluding steroid dienone is 2. The molecule has 2 rings (SSSR count). The number of aliphatic hydroxyl groups excluding tert-OH is 1. The van der Waals surface area contributed by atoms with Gasteiger partial charge in [-0.1, -0.05) is 12.2 Å². The van der Waals surface area contributed by atoms with Gasteiger partial charge in [-0.15, -0.1) is 0 Å². The first-order valence-electron chi connectivity index (χ1n) is 7.00. The van der Waals surface area contributed by atoms with Crippen molar-refractivity contribution in [1.29, 1.82) is 0 Å². The summed E-state index contributed by atoms with van der Waals surface area (Å²) < 4.78 is 0. The number of hydrogen-bond donors (Lipinski definition) is 1. The number of amides is 1. The highest BCUT2D eigenvalue weighted by Gasteiger charge is 2.23. The zero-order chi connectivity index (χ0) is 13.0. The largest absolute Gasteiger partial charge is 0.392 e. The molecule has 1 aliphatic heterocycles. The summed E-state index contributed by atoms with van der Waals surface area (Å²) in [7, 11) is 0. The molecule has 1 heterocycles. The quantitative estimate of drug-likeness (QED) is 0.755. The number of carbonyl (C=O) groups excluding carboxylic acids is 1. The summed E-state index contributed by atoms with van der Waals surface area (Å²) >= 11 is 0. The van der Waals surface area contributed by atoms with E-state index >= 15 is 0 Å². The number of piperazine rings is 1. The summed E-state index contributed by atoms with van der Waals surface area (Å²) in [5.41, 5.74) is 0. The Morgan fingerprint density at radius 2 is 2.11 bits per heavy atom. The van der Waals surface area contributed by atoms with E-state index in [2.05, 4.69) is 17.1 Å². The smallest absolute Gasteiger partial charge is 0.223 e. The Balaban J connectivity index is 1.71. The Morgan fingerprint density at radius 1 is 1.39 bits per heavy atom. The normalized spacial score (nSPS) is 26.6. The average molecular weight is 252 g/mol. The Labute approximate surface area is 109 Å². The monoisotopic (exact) mass is 252 g/mol. The topological polar surface area (TPSA) is 43.8 Å². The van der Waals surface area contributed by atoms with Crippen LogP contribution in [0.2, 0.25) is 0 Å². The first-order valence-corrected chi connectivity index (χ1v) is 7.00. The lowest BCUT2D eigenvalue weighted by Crippen LogP contribution is -2.50. The van der Waals surface area contributed by atoms with E-state index in [1.54, 1.807) is 0 Å².